The number of hydrogen-bond acceptors (Lipinski definition) is 10. The predicted molar refractivity (Wildman–Crippen MR) is 115 cm³/mol. The van der Waals surface area contributed by atoms with Gasteiger partial charge in [-0.05, 0) is 23.2 Å². The van der Waals surface area contributed by atoms with Gasteiger partial charge in [0, 0.05) is 23.6 Å². The van der Waals surface area contributed by atoms with Crippen LogP contribution in [0, 0.1) is 0 Å². The van der Waals surface area contributed by atoms with E-state index in [-0.39, 0.29) is 18.6 Å². The number of azide groups is 1. The van der Waals surface area contributed by atoms with Crippen LogP contribution < -0.4 is 11.2 Å². The Hall–Kier alpha value is -3.01. The zero-order chi connectivity index (χ0) is 27.0. The number of halogens is 3. The Morgan fingerprint density at radius 3 is 2.59 bits per heavy atom. The van der Waals surface area contributed by atoms with Gasteiger partial charge in [-0.15, -0.1) is 0 Å². The molecule has 0 saturated carbocycles. The summed E-state index contributed by atoms with van der Waals surface area (Å²) in [4.78, 5) is 27.9. The molecule has 2 aliphatic heterocycles. The van der Waals surface area contributed by atoms with Gasteiger partial charge in [-0.3, -0.25) is 27.9 Å². The third kappa shape index (κ3) is 5.49. The molecule has 1 aromatic heterocycles. The zero-order valence-electron chi connectivity index (χ0n) is 18.5. The molecular weight excluding hydrogens is 530 g/mol. The van der Waals surface area contributed by atoms with Gasteiger partial charge in [0.15, 0.2) is 6.23 Å². The van der Waals surface area contributed by atoms with Crippen molar-refractivity contribution in [3.8, 4) is 0 Å². The second-order valence-electron chi connectivity index (χ2n) is 8.05. The Balaban J connectivity index is 1.52. The van der Waals surface area contributed by atoms with Gasteiger partial charge in [0.05, 0.1) is 24.9 Å². The number of aliphatic hydroxyl groups is 2. The lowest BCUT2D eigenvalue weighted by Gasteiger charge is -2.32. The Labute approximate surface area is 204 Å². The molecule has 0 radical (unpaired) electrons. The summed E-state index contributed by atoms with van der Waals surface area (Å²) >= 11 is 0. The lowest BCUT2D eigenvalue weighted by atomic mass is 10.0. The van der Waals surface area contributed by atoms with Crippen LogP contribution in [0.5, 0.6) is 0 Å². The number of rotatable bonds is 6. The molecule has 6 atom stereocenters. The van der Waals surface area contributed by atoms with Crippen molar-refractivity contribution >= 4 is 7.82 Å². The first-order valence-corrected chi connectivity index (χ1v) is 12.0. The highest BCUT2D eigenvalue weighted by Gasteiger charge is 2.56. The molecule has 200 valence electrons. The van der Waals surface area contributed by atoms with Crippen LogP contribution in [0.1, 0.15) is 29.9 Å². The van der Waals surface area contributed by atoms with Crippen molar-refractivity contribution in [2.75, 3.05) is 13.2 Å². The first-order valence-electron chi connectivity index (χ1n) is 10.5. The highest BCUT2D eigenvalue weighted by molar-refractivity contribution is 7.48. The topological polar surface area (TPSA) is 198 Å². The first kappa shape index (κ1) is 27.0. The van der Waals surface area contributed by atoms with E-state index >= 15 is 0 Å². The van der Waals surface area contributed by atoms with E-state index in [0.29, 0.717) is 0 Å². The highest BCUT2D eigenvalue weighted by Crippen LogP contribution is 2.58. The minimum atomic E-state index is -4.55. The number of nitrogens with one attached hydrogen (secondary N) is 1. The maximum atomic E-state index is 13.1. The normalized spacial score (nSPS) is 32.1. The molecule has 2 aromatic rings. The number of nitrogens with zero attached hydrogens (tertiary/aromatic N) is 4. The zero-order valence-corrected chi connectivity index (χ0v) is 19.4. The van der Waals surface area contributed by atoms with E-state index in [2.05, 4.69) is 10.0 Å². The standard InChI is InChI=1S/C19H19F3N5O9P/c20-19(21,22)11-3-1-10(2-4-11)12-6-8-33-37(32,36-12)34-9-18(25-26-23)15(30)14(29)16(35-18)27-7-5-13(28)24-17(27)31/h1-5,7,12,14-16,29-30H,6,8-9H2,(H,24,28,31)/t12-,14-,15+,16-,18-,37+/m1/s1. The summed E-state index contributed by atoms with van der Waals surface area (Å²) in [5, 5.41) is 24.4. The smallest absolute Gasteiger partial charge is 0.387 e. The van der Waals surface area contributed by atoms with Gasteiger partial charge in [0.1, 0.15) is 12.2 Å². The van der Waals surface area contributed by atoms with Gasteiger partial charge in [-0.2, -0.15) is 13.2 Å². The Morgan fingerprint density at radius 1 is 1.27 bits per heavy atom. The van der Waals surface area contributed by atoms with Crippen molar-refractivity contribution < 1.29 is 46.3 Å². The number of phosphoric ester groups is 1. The van der Waals surface area contributed by atoms with E-state index in [0.717, 1.165) is 41.1 Å². The van der Waals surface area contributed by atoms with Crippen LogP contribution in [0.3, 0.4) is 0 Å². The molecule has 18 heteroatoms. The number of aromatic nitrogens is 2. The van der Waals surface area contributed by atoms with Crippen molar-refractivity contribution in [1.82, 2.24) is 9.55 Å². The molecule has 3 heterocycles. The van der Waals surface area contributed by atoms with Crippen LogP contribution in [-0.2, 0) is 29.0 Å². The summed E-state index contributed by atoms with van der Waals surface area (Å²) in [7, 11) is -4.45. The van der Waals surface area contributed by atoms with Crippen LogP contribution in [0.4, 0.5) is 13.2 Å². The molecule has 1 aromatic carbocycles. The molecular formula is C19H19F3N5O9P. The third-order valence-electron chi connectivity index (χ3n) is 5.67. The Bertz CT molecular complexity index is 1360. The Morgan fingerprint density at radius 2 is 1.97 bits per heavy atom. The molecule has 2 aliphatic rings. The predicted octanol–water partition coefficient (Wildman–Crippen LogP) is 2.12. The molecule has 3 N–H and O–H groups in total. The van der Waals surface area contributed by atoms with Crippen LogP contribution >= 0.6 is 7.82 Å². The number of hydrogen-bond donors (Lipinski definition) is 3. The minimum absolute atomic E-state index is 0.120. The fraction of sp³-hybridized carbons (Fsp3) is 0.474. The van der Waals surface area contributed by atoms with Crippen LogP contribution in [0.2, 0.25) is 0 Å². The number of H-pyrrole nitrogens is 1. The lowest BCUT2D eigenvalue weighted by Crippen LogP contribution is -2.45. The summed E-state index contributed by atoms with van der Waals surface area (Å²) in [6.45, 7) is -1.17. The van der Waals surface area contributed by atoms with Crippen molar-refractivity contribution in [2.24, 2.45) is 5.11 Å². The number of aliphatic hydroxyl groups excluding tert-OH is 2. The number of benzene rings is 1. The second-order valence-corrected chi connectivity index (χ2v) is 9.67. The molecule has 0 unspecified atom stereocenters. The fourth-order valence-electron chi connectivity index (χ4n) is 3.79. The molecule has 0 amide bonds. The lowest BCUT2D eigenvalue weighted by molar-refractivity contribution is -0.137. The average molecular weight is 549 g/mol. The molecule has 14 nitrogen and oxygen atoms in total. The molecule has 0 bridgehead atoms. The molecule has 0 spiro atoms. The summed E-state index contributed by atoms with van der Waals surface area (Å²) in [5.74, 6) is 0. The summed E-state index contributed by atoms with van der Waals surface area (Å²) in [6.07, 6.45) is -9.96. The maximum absolute atomic E-state index is 13.1. The van der Waals surface area contributed by atoms with Gasteiger partial charge in [-0.25, -0.2) is 9.36 Å². The third-order valence-corrected chi connectivity index (χ3v) is 7.12. The van der Waals surface area contributed by atoms with E-state index in [1.807, 2.05) is 4.98 Å². The minimum Gasteiger partial charge on any atom is -0.387 e. The van der Waals surface area contributed by atoms with E-state index < -0.39 is 67.7 Å². The number of alkyl halides is 3. The van der Waals surface area contributed by atoms with Crippen molar-refractivity contribution in [2.45, 2.75) is 42.9 Å². The quantitative estimate of drug-likeness (QED) is 0.209. The summed E-state index contributed by atoms with van der Waals surface area (Å²) in [5.41, 5.74) is 4.22. The SMILES string of the molecule is [N-]=[N+]=N[C@]1(CO[P@]2(=O)OCC[C@H](c3ccc(C(F)(F)F)cc3)O2)O[C@@H](n2ccc(=O)[nH]c2=O)[C@H](O)[C@@H]1O. The van der Waals surface area contributed by atoms with E-state index in [9.17, 15) is 37.5 Å². The van der Waals surface area contributed by atoms with E-state index in [1.165, 1.54) is 0 Å². The van der Waals surface area contributed by atoms with E-state index in [4.69, 9.17) is 23.8 Å². The van der Waals surface area contributed by atoms with Crippen LogP contribution in [0.15, 0.2) is 51.2 Å². The molecule has 4 rings (SSSR count). The van der Waals surface area contributed by atoms with Crippen molar-refractivity contribution in [1.29, 1.82) is 0 Å². The van der Waals surface area contributed by atoms with Gasteiger partial charge < -0.3 is 14.9 Å². The van der Waals surface area contributed by atoms with Crippen LogP contribution in [-0.4, -0.2) is 50.9 Å². The number of aromatic amines is 1. The van der Waals surface area contributed by atoms with Gasteiger partial charge in [0.25, 0.3) is 5.56 Å². The highest BCUT2D eigenvalue weighted by atomic mass is 31.2. The molecule has 2 saturated heterocycles. The molecule has 37 heavy (non-hydrogen) atoms. The average Bonchev–Trinajstić information content (AvgIpc) is 3.08. The monoisotopic (exact) mass is 549 g/mol. The molecule has 0 aliphatic carbocycles. The second kappa shape index (κ2) is 10.0. The largest absolute Gasteiger partial charge is 0.475 e. The van der Waals surface area contributed by atoms with Gasteiger partial charge in [-0.1, -0.05) is 17.2 Å². The molecule has 2 fully saturated rings. The van der Waals surface area contributed by atoms with Crippen LogP contribution in [0.25, 0.3) is 10.4 Å². The Kier molecular flexibility index (Phi) is 7.34. The maximum Gasteiger partial charge on any atom is 0.475 e. The number of phosphoric acid groups is 1. The van der Waals surface area contributed by atoms with Gasteiger partial charge in [0.2, 0.25) is 5.72 Å². The summed E-state index contributed by atoms with van der Waals surface area (Å²) in [6, 6.07) is 4.91. The summed E-state index contributed by atoms with van der Waals surface area (Å²) < 4.78 is 73.5. The fourth-order valence-corrected chi connectivity index (χ4v) is 5.20. The first-order chi connectivity index (χ1) is 17.4. The van der Waals surface area contributed by atoms with Gasteiger partial charge >= 0.3 is 19.7 Å². The number of ether oxygens (including phenoxy) is 1. The van der Waals surface area contributed by atoms with Crippen molar-refractivity contribution in [3.63, 3.8) is 0 Å². The van der Waals surface area contributed by atoms with Crippen molar-refractivity contribution in [3.05, 3.63) is 78.9 Å². The van der Waals surface area contributed by atoms with E-state index in [1.54, 1.807) is 0 Å².